The number of benzene rings is 3. The second-order valence-electron chi connectivity index (χ2n) is 10.5. The van der Waals surface area contributed by atoms with Crippen LogP contribution in [0.1, 0.15) is 43.9 Å². The summed E-state index contributed by atoms with van der Waals surface area (Å²) in [5.74, 6) is 0.952. The summed E-state index contributed by atoms with van der Waals surface area (Å²) in [7, 11) is 0. The highest BCUT2D eigenvalue weighted by molar-refractivity contribution is 6.33. The number of carbonyl (C=O) groups is 2. The molecule has 0 aliphatic carbocycles. The second kappa shape index (κ2) is 12.4. The summed E-state index contributed by atoms with van der Waals surface area (Å²) in [6, 6.07) is 23.5. The quantitative estimate of drug-likeness (QED) is 0.283. The molecule has 1 amide bonds. The Hall–Kier alpha value is -3.51. The highest BCUT2D eigenvalue weighted by Gasteiger charge is 2.37. The Morgan fingerprint density at radius 2 is 1.45 bits per heavy atom. The number of amides is 1. The van der Waals surface area contributed by atoms with Crippen LogP contribution >= 0.6 is 11.6 Å². The van der Waals surface area contributed by atoms with Gasteiger partial charge < -0.3 is 19.1 Å². The summed E-state index contributed by atoms with van der Waals surface area (Å²) in [5, 5.41) is 0.447. The molecule has 0 aromatic heterocycles. The van der Waals surface area contributed by atoms with Gasteiger partial charge in [-0.25, -0.2) is 4.79 Å². The van der Waals surface area contributed by atoms with Gasteiger partial charge in [-0.2, -0.15) is 0 Å². The number of Topliss-reactive ketones (excluding diaryl/α,β-unsaturated/α-hetero) is 1. The normalized spacial score (nSPS) is 13.5. The standard InChI is InChI=1S/C31H34ClNO5/c1-31(2,3)38-30(35)33-18-25(19-33)26(34)16-14-24-15-17-27(36-20-22-10-6-4-7-11-22)29(28(24)32)37-21-23-12-8-5-9-13-23/h4-13,15,17,25H,14,16,18-21H2,1-3H3. The smallest absolute Gasteiger partial charge is 0.410 e. The van der Waals surface area contributed by atoms with Gasteiger partial charge in [-0.1, -0.05) is 78.3 Å². The van der Waals surface area contributed by atoms with Crippen LogP contribution in [0.2, 0.25) is 5.02 Å². The second-order valence-corrected chi connectivity index (χ2v) is 10.8. The number of halogens is 1. The highest BCUT2D eigenvalue weighted by atomic mass is 35.5. The Labute approximate surface area is 229 Å². The maximum atomic E-state index is 12.8. The van der Waals surface area contributed by atoms with E-state index in [0.29, 0.717) is 55.7 Å². The minimum Gasteiger partial charge on any atom is -0.485 e. The van der Waals surface area contributed by atoms with Crippen LogP contribution in [0.3, 0.4) is 0 Å². The van der Waals surface area contributed by atoms with Crippen LogP contribution < -0.4 is 9.47 Å². The third kappa shape index (κ3) is 7.51. The zero-order valence-electron chi connectivity index (χ0n) is 22.1. The van der Waals surface area contributed by atoms with Gasteiger partial charge in [-0.3, -0.25) is 4.79 Å². The number of ketones is 1. The fourth-order valence-corrected chi connectivity index (χ4v) is 4.41. The molecular formula is C31H34ClNO5. The fourth-order valence-electron chi connectivity index (χ4n) is 4.11. The molecule has 1 fully saturated rings. The van der Waals surface area contributed by atoms with Crippen LogP contribution in [0.15, 0.2) is 72.8 Å². The number of hydrogen-bond acceptors (Lipinski definition) is 5. The molecule has 0 spiro atoms. The van der Waals surface area contributed by atoms with Crippen molar-refractivity contribution in [2.75, 3.05) is 13.1 Å². The molecule has 0 unspecified atom stereocenters. The number of rotatable bonds is 10. The lowest BCUT2D eigenvalue weighted by molar-refractivity contribution is -0.127. The van der Waals surface area contributed by atoms with Crippen molar-refractivity contribution >= 4 is 23.5 Å². The SMILES string of the molecule is CC(C)(C)OC(=O)N1CC(C(=O)CCc2ccc(OCc3ccccc3)c(OCc3ccccc3)c2Cl)C1. The number of likely N-dealkylation sites (tertiary alicyclic amines) is 1. The third-order valence-corrected chi connectivity index (χ3v) is 6.65. The van der Waals surface area contributed by atoms with Gasteiger partial charge in [0.25, 0.3) is 0 Å². The van der Waals surface area contributed by atoms with Gasteiger partial charge in [0.15, 0.2) is 11.5 Å². The Morgan fingerprint density at radius 3 is 2.03 bits per heavy atom. The molecule has 1 aliphatic rings. The van der Waals surface area contributed by atoms with Gasteiger partial charge in [0.1, 0.15) is 24.6 Å². The van der Waals surface area contributed by atoms with E-state index in [4.69, 9.17) is 25.8 Å². The minimum absolute atomic E-state index is 0.108. The van der Waals surface area contributed by atoms with Crippen molar-refractivity contribution in [3.05, 3.63) is 94.5 Å². The first kappa shape index (κ1) is 27.5. The van der Waals surface area contributed by atoms with Gasteiger partial charge in [0.05, 0.1) is 10.9 Å². The van der Waals surface area contributed by atoms with Crippen LogP contribution in [-0.2, 0) is 29.2 Å². The van der Waals surface area contributed by atoms with Gasteiger partial charge in [-0.15, -0.1) is 0 Å². The average molecular weight is 536 g/mol. The summed E-state index contributed by atoms with van der Waals surface area (Å²) < 4.78 is 17.6. The fraction of sp³-hybridized carbons (Fsp3) is 0.355. The third-order valence-electron chi connectivity index (χ3n) is 6.23. The number of carbonyl (C=O) groups excluding carboxylic acids is 2. The zero-order chi connectivity index (χ0) is 27.1. The van der Waals surface area contributed by atoms with Gasteiger partial charge >= 0.3 is 6.09 Å². The molecule has 1 saturated heterocycles. The van der Waals surface area contributed by atoms with E-state index in [1.54, 1.807) is 4.90 Å². The summed E-state index contributed by atoms with van der Waals surface area (Å²) in [4.78, 5) is 26.5. The van der Waals surface area contributed by atoms with E-state index < -0.39 is 5.60 Å². The molecule has 4 rings (SSSR count). The van der Waals surface area contributed by atoms with Crippen molar-refractivity contribution in [1.29, 1.82) is 0 Å². The molecular weight excluding hydrogens is 502 g/mol. The number of aryl methyl sites for hydroxylation is 1. The summed E-state index contributed by atoms with van der Waals surface area (Å²) in [5.41, 5.74) is 2.31. The van der Waals surface area contributed by atoms with Crippen molar-refractivity contribution < 1.29 is 23.8 Å². The first-order valence-corrected chi connectivity index (χ1v) is 13.2. The van der Waals surface area contributed by atoms with Crippen molar-refractivity contribution in [1.82, 2.24) is 4.90 Å². The summed E-state index contributed by atoms with van der Waals surface area (Å²) in [6.07, 6.45) is 0.423. The van der Waals surface area contributed by atoms with Gasteiger partial charge in [0.2, 0.25) is 0 Å². The molecule has 3 aromatic carbocycles. The molecule has 6 nitrogen and oxygen atoms in total. The Bertz CT molecular complexity index is 1230. The molecule has 0 saturated carbocycles. The maximum absolute atomic E-state index is 12.8. The molecule has 0 radical (unpaired) electrons. The number of ether oxygens (including phenoxy) is 3. The maximum Gasteiger partial charge on any atom is 0.410 e. The predicted octanol–water partition coefficient (Wildman–Crippen LogP) is 6.87. The predicted molar refractivity (Wildman–Crippen MR) is 148 cm³/mol. The number of nitrogens with zero attached hydrogens (tertiary/aromatic N) is 1. The average Bonchev–Trinajstić information content (AvgIpc) is 2.85. The molecule has 0 N–H and O–H groups in total. The monoisotopic (exact) mass is 535 g/mol. The van der Waals surface area contributed by atoms with Crippen LogP contribution in [0.25, 0.3) is 0 Å². The summed E-state index contributed by atoms with van der Waals surface area (Å²) >= 11 is 6.81. The molecule has 0 bridgehead atoms. The van der Waals surface area contributed by atoms with E-state index in [0.717, 1.165) is 16.7 Å². The topological polar surface area (TPSA) is 65.1 Å². The van der Waals surface area contributed by atoms with Crippen LogP contribution in [0.5, 0.6) is 11.5 Å². The lowest BCUT2D eigenvalue weighted by atomic mass is 9.91. The first-order chi connectivity index (χ1) is 18.2. The zero-order valence-corrected chi connectivity index (χ0v) is 22.9. The lowest BCUT2D eigenvalue weighted by Gasteiger charge is -2.39. The molecule has 38 heavy (non-hydrogen) atoms. The Morgan fingerprint density at radius 1 is 0.868 bits per heavy atom. The lowest BCUT2D eigenvalue weighted by Crippen LogP contribution is -2.54. The largest absolute Gasteiger partial charge is 0.485 e. The van der Waals surface area contributed by atoms with E-state index >= 15 is 0 Å². The molecule has 1 heterocycles. The summed E-state index contributed by atoms with van der Waals surface area (Å²) in [6.45, 7) is 6.98. The highest BCUT2D eigenvalue weighted by Crippen LogP contribution is 2.39. The Kier molecular flexibility index (Phi) is 8.95. The van der Waals surface area contributed by atoms with Crippen LogP contribution in [0, 0.1) is 5.92 Å². The molecule has 7 heteroatoms. The van der Waals surface area contributed by atoms with Crippen molar-refractivity contribution in [3.8, 4) is 11.5 Å². The molecule has 1 aliphatic heterocycles. The molecule has 200 valence electrons. The minimum atomic E-state index is -0.555. The molecule has 0 atom stereocenters. The van der Waals surface area contributed by atoms with E-state index in [2.05, 4.69) is 0 Å². The number of hydrogen-bond donors (Lipinski definition) is 0. The first-order valence-electron chi connectivity index (χ1n) is 12.8. The van der Waals surface area contributed by atoms with E-state index in [9.17, 15) is 9.59 Å². The van der Waals surface area contributed by atoms with E-state index in [1.807, 2.05) is 93.6 Å². The van der Waals surface area contributed by atoms with Crippen LogP contribution in [-0.4, -0.2) is 35.5 Å². The Balaban J connectivity index is 1.40. The van der Waals surface area contributed by atoms with Crippen molar-refractivity contribution in [2.45, 2.75) is 52.4 Å². The molecule has 3 aromatic rings. The van der Waals surface area contributed by atoms with Crippen molar-refractivity contribution in [2.24, 2.45) is 5.92 Å². The van der Waals surface area contributed by atoms with E-state index in [-0.39, 0.29) is 17.8 Å². The van der Waals surface area contributed by atoms with Crippen LogP contribution in [0.4, 0.5) is 4.79 Å². The van der Waals surface area contributed by atoms with E-state index in [1.165, 1.54) is 0 Å². The van der Waals surface area contributed by atoms with Gasteiger partial charge in [0, 0.05) is 19.5 Å². The van der Waals surface area contributed by atoms with Crippen molar-refractivity contribution in [3.63, 3.8) is 0 Å². The van der Waals surface area contributed by atoms with Gasteiger partial charge in [-0.05, 0) is 49.9 Å².